The highest BCUT2D eigenvalue weighted by atomic mass is 16.1. The van der Waals surface area contributed by atoms with E-state index in [1.807, 2.05) is 6.07 Å². The van der Waals surface area contributed by atoms with Crippen molar-refractivity contribution in [1.29, 1.82) is 5.26 Å². The van der Waals surface area contributed by atoms with Crippen LogP contribution in [0.3, 0.4) is 0 Å². The zero-order valence-corrected chi connectivity index (χ0v) is 5.93. The lowest BCUT2D eigenvalue weighted by Gasteiger charge is -2.10. The number of amides is 1. The Kier molecular flexibility index (Phi) is 2.21. The maximum atomic E-state index is 10.3. The number of carbonyl (C=O) groups excluding carboxylic acids is 2. The van der Waals surface area contributed by atoms with Crippen LogP contribution in [0.4, 0.5) is 0 Å². The molecule has 0 bridgehead atoms. The topological polar surface area (TPSA) is 61.2 Å². The van der Waals surface area contributed by atoms with Crippen molar-refractivity contribution in [3.8, 4) is 6.07 Å². The molecule has 4 heteroatoms. The number of likely N-dealkylation sites (tertiary alicyclic amines) is 1. The van der Waals surface area contributed by atoms with E-state index in [9.17, 15) is 9.59 Å². The number of nitriles is 1. The number of hydrogen-bond acceptors (Lipinski definition) is 3. The van der Waals surface area contributed by atoms with Gasteiger partial charge in [0.15, 0.2) is 0 Å². The maximum absolute atomic E-state index is 10.3. The molecular weight excluding hydrogens is 144 g/mol. The van der Waals surface area contributed by atoms with Crippen molar-refractivity contribution >= 4 is 12.7 Å². The Hall–Kier alpha value is -1.37. The van der Waals surface area contributed by atoms with Crippen molar-refractivity contribution in [3.63, 3.8) is 0 Å². The lowest BCUT2D eigenvalue weighted by molar-refractivity contribution is -0.118. The summed E-state index contributed by atoms with van der Waals surface area (Å²) in [5, 5.41) is 8.51. The van der Waals surface area contributed by atoms with Crippen molar-refractivity contribution in [2.75, 3.05) is 6.54 Å². The number of carbonyl (C=O) groups is 2. The molecule has 1 fully saturated rings. The SMILES string of the molecule is N#CC1CC(C=O)CN1C=O. The third-order valence-corrected chi connectivity index (χ3v) is 1.85. The summed E-state index contributed by atoms with van der Waals surface area (Å²) in [5.74, 6) is -0.148. The third-order valence-electron chi connectivity index (χ3n) is 1.85. The molecule has 1 saturated heterocycles. The van der Waals surface area contributed by atoms with Crippen molar-refractivity contribution < 1.29 is 9.59 Å². The average Bonchev–Trinajstić information content (AvgIpc) is 2.46. The zero-order chi connectivity index (χ0) is 8.27. The first kappa shape index (κ1) is 7.73. The third kappa shape index (κ3) is 1.37. The average molecular weight is 152 g/mol. The predicted octanol–water partition coefficient (Wildman–Crippen LogP) is -0.444. The van der Waals surface area contributed by atoms with E-state index in [1.165, 1.54) is 4.90 Å². The van der Waals surface area contributed by atoms with Crippen LogP contribution in [0.25, 0.3) is 0 Å². The molecule has 1 rings (SSSR count). The first-order chi connectivity index (χ1) is 5.31. The van der Waals surface area contributed by atoms with Crippen LogP contribution in [-0.2, 0) is 9.59 Å². The highest BCUT2D eigenvalue weighted by Gasteiger charge is 2.30. The Morgan fingerprint density at radius 1 is 1.55 bits per heavy atom. The van der Waals surface area contributed by atoms with E-state index in [0.717, 1.165) is 6.29 Å². The van der Waals surface area contributed by atoms with Gasteiger partial charge in [-0.15, -0.1) is 0 Å². The van der Waals surface area contributed by atoms with E-state index in [0.29, 0.717) is 19.4 Å². The van der Waals surface area contributed by atoms with E-state index in [2.05, 4.69) is 0 Å². The molecule has 1 amide bonds. The molecule has 1 aliphatic rings. The van der Waals surface area contributed by atoms with E-state index in [1.54, 1.807) is 0 Å². The maximum Gasteiger partial charge on any atom is 0.210 e. The van der Waals surface area contributed by atoms with Gasteiger partial charge in [-0.25, -0.2) is 0 Å². The van der Waals surface area contributed by atoms with Crippen LogP contribution < -0.4 is 0 Å². The van der Waals surface area contributed by atoms with Crippen LogP contribution in [0.15, 0.2) is 0 Å². The minimum absolute atomic E-state index is 0.148. The molecule has 1 heterocycles. The standard InChI is InChI=1S/C7H8N2O2/c8-2-7-1-6(4-10)3-9(7)5-11/h4-7H,1,3H2. The minimum Gasteiger partial charge on any atom is -0.328 e. The number of hydrogen-bond donors (Lipinski definition) is 0. The van der Waals surface area contributed by atoms with E-state index in [4.69, 9.17) is 5.26 Å². The first-order valence-corrected chi connectivity index (χ1v) is 3.37. The van der Waals surface area contributed by atoms with Gasteiger partial charge in [0.1, 0.15) is 12.3 Å². The van der Waals surface area contributed by atoms with Gasteiger partial charge in [0.25, 0.3) is 0 Å². The van der Waals surface area contributed by atoms with Crippen molar-refractivity contribution in [3.05, 3.63) is 0 Å². The number of nitrogens with zero attached hydrogens (tertiary/aromatic N) is 2. The van der Waals surface area contributed by atoms with Crippen LogP contribution in [-0.4, -0.2) is 30.2 Å². The fraction of sp³-hybridized carbons (Fsp3) is 0.571. The fourth-order valence-corrected chi connectivity index (χ4v) is 1.24. The molecule has 0 spiro atoms. The molecule has 0 aliphatic carbocycles. The summed E-state index contributed by atoms with van der Waals surface area (Å²) < 4.78 is 0. The summed E-state index contributed by atoms with van der Waals surface area (Å²) in [6, 6.07) is 1.56. The molecule has 0 saturated carbocycles. The van der Waals surface area contributed by atoms with Crippen molar-refractivity contribution in [2.24, 2.45) is 5.92 Å². The first-order valence-electron chi connectivity index (χ1n) is 3.37. The van der Waals surface area contributed by atoms with Gasteiger partial charge < -0.3 is 9.69 Å². The lowest BCUT2D eigenvalue weighted by Crippen LogP contribution is -2.26. The fourth-order valence-electron chi connectivity index (χ4n) is 1.24. The highest BCUT2D eigenvalue weighted by Crippen LogP contribution is 2.18. The van der Waals surface area contributed by atoms with Crippen LogP contribution in [0.2, 0.25) is 0 Å². The summed E-state index contributed by atoms with van der Waals surface area (Å²) in [4.78, 5) is 21.9. The second-order valence-electron chi connectivity index (χ2n) is 2.58. The van der Waals surface area contributed by atoms with Crippen LogP contribution in [0, 0.1) is 17.2 Å². The summed E-state index contributed by atoms with van der Waals surface area (Å²) in [6.45, 7) is 0.394. The summed E-state index contributed by atoms with van der Waals surface area (Å²) >= 11 is 0. The van der Waals surface area contributed by atoms with Gasteiger partial charge in [0.05, 0.1) is 6.07 Å². The van der Waals surface area contributed by atoms with Crippen LogP contribution in [0.1, 0.15) is 6.42 Å². The second kappa shape index (κ2) is 3.15. The Morgan fingerprint density at radius 2 is 2.27 bits per heavy atom. The molecule has 0 aromatic rings. The Labute approximate surface area is 64.4 Å². The highest BCUT2D eigenvalue weighted by molar-refractivity contribution is 5.58. The van der Waals surface area contributed by atoms with Gasteiger partial charge in [0.2, 0.25) is 6.41 Å². The van der Waals surface area contributed by atoms with E-state index in [-0.39, 0.29) is 5.92 Å². The molecule has 0 aromatic carbocycles. The normalized spacial score (nSPS) is 29.5. The molecule has 0 radical (unpaired) electrons. The Balaban J connectivity index is 2.62. The molecule has 2 unspecified atom stereocenters. The number of rotatable bonds is 2. The quantitative estimate of drug-likeness (QED) is 0.504. The summed E-state index contributed by atoms with van der Waals surface area (Å²) in [6.07, 6.45) is 1.91. The second-order valence-corrected chi connectivity index (χ2v) is 2.58. The van der Waals surface area contributed by atoms with Gasteiger partial charge in [0, 0.05) is 12.5 Å². The van der Waals surface area contributed by atoms with Crippen molar-refractivity contribution in [1.82, 2.24) is 4.90 Å². The van der Waals surface area contributed by atoms with E-state index < -0.39 is 6.04 Å². The van der Waals surface area contributed by atoms with Crippen LogP contribution in [0.5, 0.6) is 0 Å². The molecule has 4 nitrogen and oxygen atoms in total. The predicted molar refractivity (Wildman–Crippen MR) is 36.3 cm³/mol. The molecule has 0 N–H and O–H groups in total. The van der Waals surface area contributed by atoms with Gasteiger partial charge in [-0.05, 0) is 6.42 Å². The molecule has 58 valence electrons. The smallest absolute Gasteiger partial charge is 0.210 e. The van der Waals surface area contributed by atoms with Gasteiger partial charge in [-0.2, -0.15) is 5.26 Å². The largest absolute Gasteiger partial charge is 0.328 e. The Bertz CT molecular complexity index is 209. The summed E-state index contributed by atoms with van der Waals surface area (Å²) in [5.41, 5.74) is 0. The molecular formula is C7H8N2O2. The molecule has 11 heavy (non-hydrogen) atoms. The van der Waals surface area contributed by atoms with Gasteiger partial charge >= 0.3 is 0 Å². The minimum atomic E-state index is -0.400. The zero-order valence-electron chi connectivity index (χ0n) is 5.93. The molecule has 1 aliphatic heterocycles. The van der Waals surface area contributed by atoms with Gasteiger partial charge in [-0.1, -0.05) is 0 Å². The lowest BCUT2D eigenvalue weighted by atomic mass is 10.1. The number of aldehydes is 1. The van der Waals surface area contributed by atoms with Crippen molar-refractivity contribution in [2.45, 2.75) is 12.5 Å². The molecule has 2 atom stereocenters. The van der Waals surface area contributed by atoms with Crippen LogP contribution >= 0.6 is 0 Å². The Morgan fingerprint density at radius 3 is 2.64 bits per heavy atom. The molecule has 0 aromatic heterocycles. The van der Waals surface area contributed by atoms with Gasteiger partial charge in [-0.3, -0.25) is 4.79 Å². The summed E-state index contributed by atoms with van der Waals surface area (Å²) in [7, 11) is 0. The van der Waals surface area contributed by atoms with E-state index >= 15 is 0 Å². The monoisotopic (exact) mass is 152 g/mol.